The van der Waals surface area contributed by atoms with Gasteiger partial charge in [-0.25, -0.2) is 0 Å². The summed E-state index contributed by atoms with van der Waals surface area (Å²) in [5.41, 5.74) is -0.192. The maximum absolute atomic E-state index is 12.1. The van der Waals surface area contributed by atoms with Crippen molar-refractivity contribution in [3.05, 3.63) is 0 Å². The molecule has 6 heteroatoms. The summed E-state index contributed by atoms with van der Waals surface area (Å²) in [5.74, 6) is 0.185. The maximum atomic E-state index is 12.1. The van der Waals surface area contributed by atoms with Gasteiger partial charge in [-0.3, -0.25) is 19.4 Å². The van der Waals surface area contributed by atoms with E-state index in [9.17, 15) is 9.59 Å². The summed E-state index contributed by atoms with van der Waals surface area (Å²) < 4.78 is 0. The first kappa shape index (κ1) is 20.9. The topological polar surface area (TPSA) is 64.7 Å². The molecule has 0 aliphatic carbocycles. The van der Waals surface area contributed by atoms with Crippen LogP contribution in [0.25, 0.3) is 0 Å². The van der Waals surface area contributed by atoms with Gasteiger partial charge in [0.1, 0.15) is 0 Å². The molecule has 0 atom stereocenters. The first-order valence-corrected chi connectivity index (χ1v) is 9.28. The molecule has 24 heavy (non-hydrogen) atoms. The first-order valence-electron chi connectivity index (χ1n) is 9.28. The van der Waals surface area contributed by atoms with E-state index in [0.29, 0.717) is 13.1 Å². The molecule has 1 fully saturated rings. The second kappa shape index (κ2) is 9.99. The highest BCUT2D eigenvalue weighted by atomic mass is 16.2. The van der Waals surface area contributed by atoms with E-state index in [-0.39, 0.29) is 23.4 Å². The van der Waals surface area contributed by atoms with E-state index in [0.717, 1.165) is 45.4 Å². The van der Waals surface area contributed by atoms with Crippen molar-refractivity contribution in [1.29, 1.82) is 0 Å². The van der Waals surface area contributed by atoms with Crippen LogP contribution in [0.15, 0.2) is 0 Å². The number of nitrogens with zero attached hydrogens (tertiary/aromatic N) is 2. The molecule has 2 amide bonds. The Balaban J connectivity index is 2.37. The Bertz CT molecular complexity index is 402. The summed E-state index contributed by atoms with van der Waals surface area (Å²) in [4.78, 5) is 28.6. The number of amides is 2. The second-order valence-corrected chi connectivity index (χ2v) is 7.78. The van der Waals surface area contributed by atoms with Crippen molar-refractivity contribution in [3.8, 4) is 0 Å². The minimum absolute atomic E-state index is 0.0717. The molecular formula is C18H36N4O2. The zero-order valence-electron chi connectivity index (χ0n) is 16.2. The van der Waals surface area contributed by atoms with Crippen molar-refractivity contribution in [2.75, 3.05) is 39.3 Å². The van der Waals surface area contributed by atoms with Crippen LogP contribution >= 0.6 is 0 Å². The Morgan fingerprint density at radius 2 is 1.42 bits per heavy atom. The predicted molar refractivity (Wildman–Crippen MR) is 97.9 cm³/mol. The third-order valence-corrected chi connectivity index (χ3v) is 4.28. The zero-order valence-corrected chi connectivity index (χ0v) is 16.2. The molecule has 0 aromatic rings. The number of nitrogens with one attached hydrogen (secondary N) is 2. The van der Waals surface area contributed by atoms with E-state index in [1.54, 1.807) is 0 Å². The average molecular weight is 341 g/mol. The molecule has 1 rings (SSSR count). The number of carbonyl (C=O) groups excluding carboxylic acids is 2. The van der Waals surface area contributed by atoms with Gasteiger partial charge in [0.25, 0.3) is 0 Å². The molecule has 0 radical (unpaired) electrons. The summed E-state index contributed by atoms with van der Waals surface area (Å²) in [6, 6.07) is 0.280. The van der Waals surface area contributed by atoms with Crippen LogP contribution in [-0.2, 0) is 9.59 Å². The average Bonchev–Trinajstić information content (AvgIpc) is 2.68. The third-order valence-electron chi connectivity index (χ3n) is 4.28. The van der Waals surface area contributed by atoms with Gasteiger partial charge < -0.3 is 10.6 Å². The molecule has 0 aromatic heterocycles. The molecule has 1 heterocycles. The predicted octanol–water partition coefficient (Wildman–Crippen LogP) is 1.21. The van der Waals surface area contributed by atoms with E-state index >= 15 is 0 Å². The molecule has 0 saturated carbocycles. The first-order chi connectivity index (χ1) is 11.2. The fourth-order valence-electron chi connectivity index (χ4n) is 2.97. The highest BCUT2D eigenvalue weighted by Crippen LogP contribution is 2.05. The van der Waals surface area contributed by atoms with Gasteiger partial charge in [-0.15, -0.1) is 0 Å². The lowest BCUT2D eigenvalue weighted by Crippen LogP contribution is -2.47. The molecule has 140 valence electrons. The molecule has 2 N–H and O–H groups in total. The van der Waals surface area contributed by atoms with Crippen molar-refractivity contribution in [1.82, 2.24) is 20.4 Å². The van der Waals surface area contributed by atoms with Gasteiger partial charge in [0, 0.05) is 24.7 Å². The summed E-state index contributed by atoms with van der Waals surface area (Å²) in [6.07, 6.45) is 2.93. The van der Waals surface area contributed by atoms with Crippen LogP contribution in [0.2, 0.25) is 0 Å². The van der Waals surface area contributed by atoms with E-state index < -0.39 is 0 Å². The SMILES string of the molecule is CCC(CC)NC(=O)CN1CCCN(CC(=O)NC(C)(C)C)CC1. The van der Waals surface area contributed by atoms with Gasteiger partial charge in [0.15, 0.2) is 0 Å². The zero-order chi connectivity index (χ0) is 18.2. The Morgan fingerprint density at radius 1 is 0.917 bits per heavy atom. The Labute approximate surface area is 147 Å². The molecule has 0 bridgehead atoms. The molecule has 0 aromatic carbocycles. The van der Waals surface area contributed by atoms with Gasteiger partial charge in [0.05, 0.1) is 13.1 Å². The molecule has 1 saturated heterocycles. The molecule has 1 aliphatic rings. The van der Waals surface area contributed by atoms with Crippen molar-refractivity contribution < 1.29 is 9.59 Å². The minimum Gasteiger partial charge on any atom is -0.352 e. The van der Waals surface area contributed by atoms with E-state index in [4.69, 9.17) is 0 Å². The quantitative estimate of drug-likeness (QED) is 0.731. The summed E-state index contributed by atoms with van der Waals surface area (Å²) in [5, 5.41) is 6.10. The summed E-state index contributed by atoms with van der Waals surface area (Å²) >= 11 is 0. The monoisotopic (exact) mass is 340 g/mol. The fraction of sp³-hybridized carbons (Fsp3) is 0.889. The summed E-state index contributed by atoms with van der Waals surface area (Å²) in [7, 11) is 0. The van der Waals surface area contributed by atoms with Gasteiger partial charge in [-0.1, -0.05) is 13.8 Å². The maximum Gasteiger partial charge on any atom is 0.234 e. The van der Waals surface area contributed by atoms with Gasteiger partial charge >= 0.3 is 0 Å². The van der Waals surface area contributed by atoms with Gasteiger partial charge in [0.2, 0.25) is 11.8 Å². The van der Waals surface area contributed by atoms with Crippen LogP contribution in [0, 0.1) is 0 Å². The van der Waals surface area contributed by atoms with Crippen molar-refractivity contribution in [3.63, 3.8) is 0 Å². The molecule has 6 nitrogen and oxygen atoms in total. The third kappa shape index (κ3) is 8.64. The molecule has 1 aliphatic heterocycles. The molecule has 0 spiro atoms. The lowest BCUT2D eigenvalue weighted by molar-refractivity contribution is -0.124. The fourth-order valence-corrected chi connectivity index (χ4v) is 2.97. The molecular weight excluding hydrogens is 304 g/mol. The largest absolute Gasteiger partial charge is 0.352 e. The second-order valence-electron chi connectivity index (χ2n) is 7.78. The Morgan fingerprint density at radius 3 is 1.88 bits per heavy atom. The highest BCUT2D eigenvalue weighted by Gasteiger charge is 2.21. The molecule has 0 unspecified atom stereocenters. The van der Waals surface area contributed by atoms with Crippen LogP contribution in [0.3, 0.4) is 0 Å². The standard InChI is InChI=1S/C18H36N4O2/c1-6-15(7-2)19-16(23)13-21-9-8-10-22(12-11-21)14-17(24)20-18(3,4)5/h15H,6-14H2,1-5H3,(H,19,23)(H,20,24). The van der Waals surface area contributed by atoms with Crippen molar-refractivity contribution in [2.45, 2.75) is 65.5 Å². The lowest BCUT2D eigenvalue weighted by atomic mass is 10.1. The van der Waals surface area contributed by atoms with Crippen LogP contribution in [-0.4, -0.2) is 72.5 Å². The highest BCUT2D eigenvalue weighted by molar-refractivity contribution is 5.79. The Hall–Kier alpha value is -1.14. The lowest BCUT2D eigenvalue weighted by Gasteiger charge is -2.25. The normalized spacial score (nSPS) is 17.6. The smallest absolute Gasteiger partial charge is 0.234 e. The van der Waals surface area contributed by atoms with Crippen LogP contribution in [0.1, 0.15) is 53.9 Å². The van der Waals surface area contributed by atoms with E-state index in [2.05, 4.69) is 34.3 Å². The van der Waals surface area contributed by atoms with Crippen LogP contribution in [0.5, 0.6) is 0 Å². The minimum atomic E-state index is -0.192. The Kier molecular flexibility index (Phi) is 8.70. The van der Waals surface area contributed by atoms with Gasteiger partial charge in [-0.2, -0.15) is 0 Å². The summed E-state index contributed by atoms with van der Waals surface area (Å²) in [6.45, 7) is 14.5. The number of rotatable bonds is 7. The van der Waals surface area contributed by atoms with Gasteiger partial charge in [-0.05, 0) is 53.1 Å². The van der Waals surface area contributed by atoms with Crippen molar-refractivity contribution >= 4 is 11.8 Å². The number of carbonyl (C=O) groups is 2. The number of hydrogen-bond acceptors (Lipinski definition) is 4. The van der Waals surface area contributed by atoms with Crippen LogP contribution < -0.4 is 10.6 Å². The van der Waals surface area contributed by atoms with Crippen molar-refractivity contribution in [2.24, 2.45) is 0 Å². The van der Waals surface area contributed by atoms with E-state index in [1.165, 1.54) is 0 Å². The number of hydrogen-bond donors (Lipinski definition) is 2. The van der Waals surface area contributed by atoms with Crippen LogP contribution in [0.4, 0.5) is 0 Å². The van der Waals surface area contributed by atoms with E-state index in [1.807, 2.05) is 20.8 Å².